The maximum Gasteiger partial charge on any atom is 0.132 e. The van der Waals surface area contributed by atoms with Crippen molar-refractivity contribution in [3.05, 3.63) is 36.8 Å². The van der Waals surface area contributed by atoms with Gasteiger partial charge in [-0.15, -0.1) is 6.58 Å². The average Bonchev–Trinajstić information content (AvgIpc) is 3.01. The van der Waals surface area contributed by atoms with Gasteiger partial charge in [0, 0.05) is 6.04 Å². The quantitative estimate of drug-likeness (QED) is 0.596. The molecule has 2 heterocycles. The van der Waals surface area contributed by atoms with Crippen LogP contribution in [0.2, 0.25) is 0 Å². The van der Waals surface area contributed by atoms with Crippen molar-refractivity contribution in [3.8, 4) is 0 Å². The maximum atomic E-state index is 10.1. The molecular formula is C15H23NO2. The van der Waals surface area contributed by atoms with E-state index >= 15 is 0 Å². The second-order valence-electron chi connectivity index (χ2n) is 5.03. The van der Waals surface area contributed by atoms with Crippen LogP contribution in [0.3, 0.4) is 0 Å². The van der Waals surface area contributed by atoms with Gasteiger partial charge in [0.05, 0.1) is 6.26 Å². The first kappa shape index (κ1) is 13.4. The summed E-state index contributed by atoms with van der Waals surface area (Å²) in [5.41, 5.74) is 0. The van der Waals surface area contributed by atoms with E-state index in [2.05, 4.69) is 11.5 Å². The van der Waals surface area contributed by atoms with Gasteiger partial charge < -0.3 is 14.4 Å². The normalized spacial score (nSPS) is 22.2. The number of rotatable bonds is 7. The number of hydrogen-bond donors (Lipinski definition) is 1. The van der Waals surface area contributed by atoms with E-state index in [1.165, 1.54) is 12.8 Å². The van der Waals surface area contributed by atoms with Crippen LogP contribution in [0.15, 0.2) is 35.5 Å². The molecule has 1 aliphatic rings. The lowest BCUT2D eigenvalue weighted by Gasteiger charge is -2.25. The van der Waals surface area contributed by atoms with Crippen LogP contribution in [0.25, 0.3) is 0 Å². The molecule has 1 aromatic rings. The summed E-state index contributed by atoms with van der Waals surface area (Å²) in [6.45, 7) is 6.03. The van der Waals surface area contributed by atoms with Crippen LogP contribution < -0.4 is 0 Å². The zero-order chi connectivity index (χ0) is 12.8. The van der Waals surface area contributed by atoms with Gasteiger partial charge in [-0.25, -0.2) is 0 Å². The van der Waals surface area contributed by atoms with Crippen LogP contribution in [-0.4, -0.2) is 29.1 Å². The molecule has 100 valence electrons. The second-order valence-corrected chi connectivity index (χ2v) is 5.03. The minimum absolute atomic E-state index is 0.468. The Balaban J connectivity index is 1.81. The van der Waals surface area contributed by atoms with Crippen LogP contribution in [0.1, 0.15) is 44.0 Å². The van der Waals surface area contributed by atoms with Crippen molar-refractivity contribution in [2.24, 2.45) is 0 Å². The van der Waals surface area contributed by atoms with Gasteiger partial charge in [0.25, 0.3) is 0 Å². The first-order valence-electron chi connectivity index (χ1n) is 6.87. The molecule has 0 amide bonds. The summed E-state index contributed by atoms with van der Waals surface area (Å²) in [5.74, 6) is 0.688. The van der Waals surface area contributed by atoms with Gasteiger partial charge in [-0.2, -0.15) is 0 Å². The average molecular weight is 249 g/mol. The molecule has 2 unspecified atom stereocenters. The maximum absolute atomic E-state index is 10.1. The number of allylic oxidation sites excluding steroid dienone is 1. The lowest BCUT2D eigenvalue weighted by Crippen LogP contribution is -2.31. The highest BCUT2D eigenvalue weighted by Gasteiger charge is 2.27. The molecule has 0 spiro atoms. The molecule has 1 fully saturated rings. The fourth-order valence-electron chi connectivity index (χ4n) is 2.75. The molecular weight excluding hydrogens is 226 g/mol. The van der Waals surface area contributed by atoms with Crippen molar-refractivity contribution < 1.29 is 9.52 Å². The molecule has 0 aromatic carbocycles. The predicted octanol–water partition coefficient (Wildman–Crippen LogP) is 3.13. The van der Waals surface area contributed by atoms with E-state index in [4.69, 9.17) is 4.42 Å². The van der Waals surface area contributed by atoms with Crippen LogP contribution in [-0.2, 0) is 0 Å². The smallest absolute Gasteiger partial charge is 0.132 e. The van der Waals surface area contributed by atoms with Crippen LogP contribution in [0, 0.1) is 0 Å². The van der Waals surface area contributed by atoms with E-state index in [1.807, 2.05) is 18.2 Å². The molecule has 0 aliphatic carbocycles. The molecule has 3 nitrogen and oxygen atoms in total. The van der Waals surface area contributed by atoms with Crippen molar-refractivity contribution >= 4 is 0 Å². The van der Waals surface area contributed by atoms with Crippen LogP contribution >= 0.6 is 0 Å². The third-order valence-corrected chi connectivity index (χ3v) is 3.72. The van der Waals surface area contributed by atoms with Crippen molar-refractivity contribution in [1.82, 2.24) is 4.90 Å². The molecule has 1 N–H and O–H groups in total. The molecule has 2 atom stereocenters. The number of aliphatic hydroxyl groups is 1. The second kappa shape index (κ2) is 6.76. The molecule has 1 aliphatic heterocycles. The summed E-state index contributed by atoms with van der Waals surface area (Å²) in [5, 5.41) is 10.1. The Hall–Kier alpha value is -1.06. The van der Waals surface area contributed by atoms with Gasteiger partial charge in [-0.1, -0.05) is 6.08 Å². The zero-order valence-corrected chi connectivity index (χ0v) is 10.9. The lowest BCUT2D eigenvalue weighted by molar-refractivity contribution is 0.101. The fourth-order valence-corrected chi connectivity index (χ4v) is 2.75. The van der Waals surface area contributed by atoms with Crippen LogP contribution in [0.4, 0.5) is 0 Å². The first-order valence-corrected chi connectivity index (χ1v) is 6.87. The van der Waals surface area contributed by atoms with Gasteiger partial charge in [0.1, 0.15) is 11.9 Å². The molecule has 0 bridgehead atoms. The van der Waals surface area contributed by atoms with E-state index < -0.39 is 6.10 Å². The molecule has 1 saturated heterocycles. The Kier molecular flexibility index (Phi) is 5.02. The van der Waals surface area contributed by atoms with Gasteiger partial charge in [-0.05, 0) is 57.3 Å². The predicted molar refractivity (Wildman–Crippen MR) is 72.3 cm³/mol. The van der Waals surface area contributed by atoms with Crippen LogP contribution in [0.5, 0.6) is 0 Å². The summed E-state index contributed by atoms with van der Waals surface area (Å²) in [6, 6.07) is 4.17. The monoisotopic (exact) mass is 249 g/mol. The van der Waals surface area contributed by atoms with Crippen molar-refractivity contribution in [2.45, 2.75) is 44.2 Å². The van der Waals surface area contributed by atoms with Crippen molar-refractivity contribution in [3.63, 3.8) is 0 Å². The largest absolute Gasteiger partial charge is 0.467 e. The summed E-state index contributed by atoms with van der Waals surface area (Å²) in [7, 11) is 0. The minimum atomic E-state index is -0.468. The van der Waals surface area contributed by atoms with E-state index in [-0.39, 0.29) is 0 Å². The highest BCUT2D eigenvalue weighted by Crippen LogP contribution is 2.27. The number of nitrogens with zero attached hydrogens (tertiary/aromatic N) is 1. The number of furan rings is 1. The molecule has 3 heteroatoms. The summed E-state index contributed by atoms with van der Waals surface area (Å²) in [6.07, 6.45) is 8.57. The first-order chi connectivity index (χ1) is 8.81. The highest BCUT2D eigenvalue weighted by molar-refractivity contribution is 5.02. The van der Waals surface area contributed by atoms with Crippen molar-refractivity contribution in [1.29, 1.82) is 0 Å². The number of hydrogen-bond acceptors (Lipinski definition) is 3. The molecule has 2 rings (SSSR count). The van der Waals surface area contributed by atoms with Crippen molar-refractivity contribution in [2.75, 3.05) is 13.1 Å². The number of unbranched alkanes of at least 4 members (excludes halogenated alkanes) is 1. The Bertz CT molecular complexity index is 347. The van der Waals surface area contributed by atoms with Gasteiger partial charge in [-0.3, -0.25) is 0 Å². The molecule has 18 heavy (non-hydrogen) atoms. The van der Waals surface area contributed by atoms with E-state index in [1.54, 1.807) is 6.26 Å². The SMILES string of the molecule is C=CCCCN1CCCC1CC(O)c1ccco1. The summed E-state index contributed by atoms with van der Waals surface area (Å²) in [4.78, 5) is 2.50. The number of likely N-dealkylation sites (tertiary alicyclic amines) is 1. The Morgan fingerprint density at radius 2 is 2.50 bits per heavy atom. The fraction of sp³-hybridized carbons (Fsp3) is 0.600. The highest BCUT2D eigenvalue weighted by atomic mass is 16.4. The lowest BCUT2D eigenvalue weighted by atomic mass is 10.0. The van der Waals surface area contributed by atoms with E-state index in [0.29, 0.717) is 11.8 Å². The van der Waals surface area contributed by atoms with E-state index in [0.717, 1.165) is 32.4 Å². The standard InChI is InChI=1S/C15H23NO2/c1-2-3-4-9-16-10-5-7-13(16)12-14(17)15-8-6-11-18-15/h2,6,8,11,13-14,17H,1,3-5,7,9-10,12H2. The Labute approximate surface area is 109 Å². The molecule has 1 aromatic heterocycles. The van der Waals surface area contributed by atoms with Gasteiger partial charge >= 0.3 is 0 Å². The molecule has 0 radical (unpaired) electrons. The Morgan fingerprint density at radius 3 is 3.22 bits per heavy atom. The Morgan fingerprint density at radius 1 is 1.61 bits per heavy atom. The topological polar surface area (TPSA) is 36.6 Å². The zero-order valence-electron chi connectivity index (χ0n) is 10.9. The van der Waals surface area contributed by atoms with Gasteiger partial charge in [0.15, 0.2) is 0 Å². The van der Waals surface area contributed by atoms with E-state index in [9.17, 15) is 5.11 Å². The van der Waals surface area contributed by atoms with Gasteiger partial charge in [0.2, 0.25) is 0 Å². The molecule has 0 saturated carbocycles. The summed E-state index contributed by atoms with van der Waals surface area (Å²) < 4.78 is 5.26. The third-order valence-electron chi connectivity index (χ3n) is 3.72. The summed E-state index contributed by atoms with van der Waals surface area (Å²) >= 11 is 0. The third kappa shape index (κ3) is 3.47. The minimum Gasteiger partial charge on any atom is -0.467 e. The number of aliphatic hydroxyl groups excluding tert-OH is 1.